The van der Waals surface area contributed by atoms with Crippen LogP contribution in [0.25, 0.3) is 6.08 Å². The molecule has 1 aliphatic rings. The van der Waals surface area contributed by atoms with E-state index in [2.05, 4.69) is 18.8 Å². The highest BCUT2D eigenvalue weighted by Gasteiger charge is 2.34. The number of aromatic nitrogens is 1. The Bertz CT molecular complexity index is 1480. The van der Waals surface area contributed by atoms with Crippen LogP contribution in [0.3, 0.4) is 0 Å². The topological polar surface area (TPSA) is 88.4 Å². The van der Waals surface area contributed by atoms with Crippen LogP contribution in [0.5, 0.6) is 11.5 Å². The minimum atomic E-state index is -0.745. The largest absolute Gasteiger partial charge is 0.493 e. The zero-order valence-electron chi connectivity index (χ0n) is 22.2. The molecular weight excluding hydrogens is 524 g/mol. The third kappa shape index (κ3) is 6.09. The van der Waals surface area contributed by atoms with Crippen LogP contribution < -0.4 is 24.4 Å². The number of hydrogen-bond donors (Lipinski definition) is 0. The molecule has 0 saturated heterocycles. The lowest BCUT2D eigenvalue weighted by molar-refractivity contribution is -0.140. The molecule has 0 N–H and O–H groups in total. The van der Waals surface area contributed by atoms with Crippen molar-refractivity contribution in [3.8, 4) is 11.5 Å². The number of esters is 1. The van der Waals surface area contributed by atoms with E-state index in [1.165, 1.54) is 18.4 Å². The zero-order valence-corrected chi connectivity index (χ0v) is 23.8. The molecule has 1 atom stereocenters. The van der Waals surface area contributed by atoms with Gasteiger partial charge in [0.25, 0.3) is 5.56 Å². The Labute approximate surface area is 229 Å². The summed E-state index contributed by atoms with van der Waals surface area (Å²) >= 11 is 2.84. The number of thiazole rings is 1. The highest BCUT2D eigenvalue weighted by atomic mass is 32.1. The first-order chi connectivity index (χ1) is 18.3. The minimum Gasteiger partial charge on any atom is -0.493 e. The Morgan fingerprint density at radius 3 is 2.66 bits per heavy atom. The number of allylic oxidation sites excluding steroid dienone is 1. The van der Waals surface area contributed by atoms with Crippen molar-refractivity contribution in [2.24, 2.45) is 10.9 Å². The molecule has 8 nitrogen and oxygen atoms in total. The number of nitrogens with zero attached hydrogens (tertiary/aromatic N) is 2. The molecule has 0 spiro atoms. The van der Waals surface area contributed by atoms with Gasteiger partial charge in [0.2, 0.25) is 0 Å². The molecular formula is C28H32N2O6S2. The number of fused-ring (bicyclic) bond motifs is 1. The second kappa shape index (κ2) is 12.6. The summed E-state index contributed by atoms with van der Waals surface area (Å²) in [5, 5.41) is 1.96. The molecule has 0 amide bonds. The van der Waals surface area contributed by atoms with Gasteiger partial charge in [-0.05, 0) is 54.5 Å². The lowest BCUT2D eigenvalue weighted by Gasteiger charge is -2.25. The average molecular weight is 557 g/mol. The third-order valence-corrected chi connectivity index (χ3v) is 7.84. The van der Waals surface area contributed by atoms with Gasteiger partial charge >= 0.3 is 5.97 Å². The zero-order chi connectivity index (χ0) is 27.2. The lowest BCUT2D eigenvalue weighted by Crippen LogP contribution is -2.40. The van der Waals surface area contributed by atoms with Gasteiger partial charge in [-0.3, -0.25) is 9.36 Å². The van der Waals surface area contributed by atoms with Gasteiger partial charge in [-0.25, -0.2) is 9.79 Å². The van der Waals surface area contributed by atoms with Crippen LogP contribution in [0.2, 0.25) is 0 Å². The summed E-state index contributed by atoms with van der Waals surface area (Å²) in [5.41, 5.74) is 1.26. The van der Waals surface area contributed by atoms with E-state index in [4.69, 9.17) is 18.9 Å². The molecule has 4 rings (SSSR count). The number of rotatable bonds is 11. The van der Waals surface area contributed by atoms with Crippen molar-refractivity contribution in [1.82, 2.24) is 4.57 Å². The fourth-order valence-electron chi connectivity index (χ4n) is 4.07. The van der Waals surface area contributed by atoms with Crippen LogP contribution in [-0.4, -0.2) is 44.6 Å². The summed E-state index contributed by atoms with van der Waals surface area (Å²) in [5.74, 6) is 1.09. The van der Waals surface area contributed by atoms with Crippen molar-refractivity contribution in [3.63, 3.8) is 0 Å². The number of ether oxygens (including phenoxy) is 4. The van der Waals surface area contributed by atoms with Gasteiger partial charge in [0, 0.05) is 12.0 Å². The van der Waals surface area contributed by atoms with Crippen LogP contribution in [0.15, 0.2) is 56.8 Å². The summed E-state index contributed by atoms with van der Waals surface area (Å²) in [6.45, 7) is 6.95. The van der Waals surface area contributed by atoms with Crippen molar-refractivity contribution in [1.29, 1.82) is 0 Å². The van der Waals surface area contributed by atoms with E-state index in [1.807, 2.05) is 41.8 Å². The van der Waals surface area contributed by atoms with Gasteiger partial charge in [-0.2, -0.15) is 0 Å². The van der Waals surface area contributed by atoms with Crippen LogP contribution in [0, 0.1) is 5.92 Å². The van der Waals surface area contributed by atoms with Gasteiger partial charge in [0.05, 0.1) is 42.2 Å². The summed E-state index contributed by atoms with van der Waals surface area (Å²) in [6, 6.07) is 8.63. The van der Waals surface area contributed by atoms with E-state index in [0.29, 0.717) is 50.2 Å². The first-order valence-corrected chi connectivity index (χ1v) is 14.1. The Morgan fingerprint density at radius 1 is 1.16 bits per heavy atom. The van der Waals surface area contributed by atoms with Crippen molar-refractivity contribution < 1.29 is 23.7 Å². The minimum absolute atomic E-state index is 0.0909. The molecule has 3 heterocycles. The number of benzene rings is 1. The van der Waals surface area contributed by atoms with Crippen molar-refractivity contribution in [2.75, 3.05) is 34.0 Å². The number of methoxy groups -OCH3 is 2. The molecule has 0 saturated carbocycles. The SMILES string of the molecule is COCCOC(=O)C1=C(C)N=c2s/c(=C\c3cccs3)c(=O)n2C1c1ccc(OCCC(C)C)c(OC)c1. The summed E-state index contributed by atoms with van der Waals surface area (Å²) < 4.78 is 24.2. The van der Waals surface area contributed by atoms with Gasteiger partial charge in [0.15, 0.2) is 16.3 Å². The van der Waals surface area contributed by atoms with Gasteiger partial charge in [-0.1, -0.05) is 37.3 Å². The van der Waals surface area contributed by atoms with E-state index in [0.717, 1.165) is 11.3 Å². The Hall–Kier alpha value is -3.21. The molecule has 1 unspecified atom stereocenters. The second-order valence-electron chi connectivity index (χ2n) is 9.17. The Balaban J connectivity index is 1.83. The molecule has 10 heteroatoms. The van der Waals surface area contributed by atoms with Crippen LogP contribution in [0.1, 0.15) is 43.7 Å². The standard InChI is InChI=1S/C28H32N2O6S2/c1-17(2)10-11-35-21-9-8-19(15-22(21)34-5)25-24(27(32)36-13-12-33-4)18(3)29-28-30(25)26(31)23(38-28)16-20-7-6-14-37-20/h6-9,14-17,25H,10-13H2,1-5H3/b23-16-. The molecule has 202 valence electrons. The highest BCUT2D eigenvalue weighted by Crippen LogP contribution is 2.36. The van der Waals surface area contributed by atoms with Crippen LogP contribution in [-0.2, 0) is 14.3 Å². The normalized spacial score (nSPS) is 15.4. The first kappa shape index (κ1) is 27.8. The Kier molecular flexibility index (Phi) is 9.19. The molecule has 3 aromatic rings. The second-order valence-corrected chi connectivity index (χ2v) is 11.2. The van der Waals surface area contributed by atoms with Crippen LogP contribution in [0.4, 0.5) is 0 Å². The van der Waals surface area contributed by atoms with Crippen molar-refractivity contribution >= 4 is 34.7 Å². The summed E-state index contributed by atoms with van der Waals surface area (Å²) in [4.78, 5) is 33.1. The maximum absolute atomic E-state index is 13.7. The molecule has 0 radical (unpaired) electrons. The van der Waals surface area contributed by atoms with Gasteiger partial charge < -0.3 is 18.9 Å². The van der Waals surface area contributed by atoms with E-state index in [1.54, 1.807) is 29.9 Å². The molecule has 38 heavy (non-hydrogen) atoms. The lowest BCUT2D eigenvalue weighted by atomic mass is 9.95. The Morgan fingerprint density at radius 2 is 1.97 bits per heavy atom. The van der Waals surface area contributed by atoms with E-state index in [9.17, 15) is 9.59 Å². The van der Waals surface area contributed by atoms with Crippen molar-refractivity contribution in [3.05, 3.63) is 77.1 Å². The summed E-state index contributed by atoms with van der Waals surface area (Å²) in [7, 11) is 3.11. The van der Waals surface area contributed by atoms with E-state index >= 15 is 0 Å². The third-order valence-electron chi connectivity index (χ3n) is 6.03. The smallest absolute Gasteiger partial charge is 0.338 e. The maximum atomic E-state index is 13.7. The molecule has 1 aromatic carbocycles. The fraction of sp³-hybridized carbons (Fsp3) is 0.393. The maximum Gasteiger partial charge on any atom is 0.338 e. The van der Waals surface area contributed by atoms with Crippen molar-refractivity contribution in [2.45, 2.75) is 33.2 Å². The van der Waals surface area contributed by atoms with Gasteiger partial charge in [-0.15, -0.1) is 11.3 Å². The van der Waals surface area contributed by atoms with E-state index in [-0.39, 0.29) is 18.8 Å². The fourth-order valence-corrected chi connectivity index (χ4v) is 5.84. The molecule has 0 bridgehead atoms. The summed E-state index contributed by atoms with van der Waals surface area (Å²) in [6.07, 6.45) is 2.76. The quantitative estimate of drug-likeness (QED) is 0.263. The number of carbonyl (C=O) groups excluding carboxylic acids is 1. The van der Waals surface area contributed by atoms with E-state index < -0.39 is 12.0 Å². The molecule has 0 fully saturated rings. The number of thiophene rings is 1. The molecule has 0 aliphatic carbocycles. The van der Waals surface area contributed by atoms with Crippen LogP contribution >= 0.6 is 22.7 Å². The average Bonchev–Trinajstić information content (AvgIpc) is 3.51. The van der Waals surface area contributed by atoms with Gasteiger partial charge in [0.1, 0.15) is 6.61 Å². The predicted molar refractivity (Wildman–Crippen MR) is 149 cm³/mol. The highest BCUT2D eigenvalue weighted by molar-refractivity contribution is 7.11. The first-order valence-electron chi connectivity index (χ1n) is 12.4. The monoisotopic (exact) mass is 556 g/mol. The molecule has 1 aliphatic heterocycles. The number of carbonyl (C=O) groups is 1. The number of hydrogen-bond acceptors (Lipinski definition) is 9. The molecule has 2 aromatic heterocycles. The predicted octanol–water partition coefficient (Wildman–Crippen LogP) is 3.92.